The van der Waals surface area contributed by atoms with E-state index in [9.17, 15) is 9.59 Å². The fourth-order valence-corrected chi connectivity index (χ4v) is 7.36. The van der Waals surface area contributed by atoms with Gasteiger partial charge in [-0.15, -0.1) is 0 Å². The number of hydrogen-bond donors (Lipinski definition) is 0. The molecule has 4 aliphatic rings. The number of carbonyl (C=O) groups excluding carboxylic acids is 2. The molecule has 4 heterocycles. The second-order valence-electron chi connectivity index (χ2n) is 16.0. The molecule has 0 N–H and O–H groups in total. The summed E-state index contributed by atoms with van der Waals surface area (Å²) >= 11 is 0. The van der Waals surface area contributed by atoms with E-state index in [1.165, 1.54) is 0 Å². The quantitative estimate of drug-likeness (QED) is 0.232. The first kappa shape index (κ1) is 34.6. The minimum Gasteiger partial charge on any atom is -0.493 e. The molecule has 9 heteroatoms. The van der Waals surface area contributed by atoms with Gasteiger partial charge < -0.3 is 28.9 Å². The molecular weight excluding hydrogens is 616 g/mol. The van der Waals surface area contributed by atoms with Crippen LogP contribution < -0.4 is 19.1 Å². The number of rotatable bonds is 11. The smallest absolute Gasteiger partial charge is 0.257 e. The SMILES string of the molecule is C=C1C[C@H]2CN(C)c3cc(OCCC(C)(C)CCC(C)(C)COc4cc5c(cc4OC)C(=O)N4CC(=C)C[C@H]4C=N5)c(C)cc3C(=O)N2C1. The molecule has 6 rings (SSSR count). The van der Waals surface area contributed by atoms with Gasteiger partial charge in [-0.25, -0.2) is 0 Å². The first-order valence-electron chi connectivity index (χ1n) is 17.5. The van der Waals surface area contributed by atoms with Crippen molar-refractivity contribution in [1.29, 1.82) is 0 Å². The lowest BCUT2D eigenvalue weighted by Gasteiger charge is -2.31. The number of fused-ring (bicyclic) bond motifs is 4. The predicted molar refractivity (Wildman–Crippen MR) is 195 cm³/mol. The Kier molecular flexibility index (Phi) is 9.33. The summed E-state index contributed by atoms with van der Waals surface area (Å²) in [5.74, 6) is 1.98. The lowest BCUT2D eigenvalue weighted by atomic mass is 9.78. The zero-order valence-electron chi connectivity index (χ0n) is 30.4. The van der Waals surface area contributed by atoms with Crippen LogP contribution in [0, 0.1) is 17.8 Å². The maximum Gasteiger partial charge on any atom is 0.257 e. The Morgan fingerprint density at radius 2 is 1.53 bits per heavy atom. The Bertz CT molecular complexity index is 1710. The fourth-order valence-electron chi connectivity index (χ4n) is 7.36. The summed E-state index contributed by atoms with van der Waals surface area (Å²) in [6.45, 7) is 22.3. The molecule has 0 unspecified atom stereocenters. The Balaban J connectivity index is 1.04. The van der Waals surface area contributed by atoms with Crippen LogP contribution in [0.1, 0.15) is 86.1 Å². The molecule has 0 radical (unpaired) electrons. The molecule has 0 spiro atoms. The van der Waals surface area contributed by atoms with E-state index in [2.05, 4.69) is 57.8 Å². The summed E-state index contributed by atoms with van der Waals surface area (Å²) in [6.07, 6.45) is 6.30. The van der Waals surface area contributed by atoms with Crippen LogP contribution >= 0.6 is 0 Å². The van der Waals surface area contributed by atoms with Gasteiger partial charge >= 0.3 is 0 Å². The van der Waals surface area contributed by atoms with E-state index in [1.807, 2.05) is 41.1 Å². The van der Waals surface area contributed by atoms with Crippen LogP contribution in [0.2, 0.25) is 0 Å². The molecule has 2 aromatic rings. The Morgan fingerprint density at radius 3 is 2.29 bits per heavy atom. The number of carbonyl (C=O) groups is 2. The number of amides is 2. The van der Waals surface area contributed by atoms with Crippen molar-refractivity contribution in [3.8, 4) is 17.2 Å². The van der Waals surface area contributed by atoms with Gasteiger partial charge in [-0.05, 0) is 67.6 Å². The van der Waals surface area contributed by atoms with Crippen LogP contribution in [0.3, 0.4) is 0 Å². The highest BCUT2D eigenvalue weighted by molar-refractivity contribution is 6.04. The lowest BCUT2D eigenvalue weighted by Crippen LogP contribution is -2.38. The van der Waals surface area contributed by atoms with Gasteiger partial charge in [-0.2, -0.15) is 0 Å². The van der Waals surface area contributed by atoms with Gasteiger partial charge in [-0.3, -0.25) is 14.6 Å². The molecule has 2 atom stereocenters. The van der Waals surface area contributed by atoms with Gasteiger partial charge in [0.25, 0.3) is 11.8 Å². The maximum atomic E-state index is 13.4. The number of likely N-dealkylation sites (N-methyl/N-ethyl adjacent to an activating group) is 1. The van der Waals surface area contributed by atoms with Gasteiger partial charge in [-0.1, -0.05) is 52.0 Å². The van der Waals surface area contributed by atoms with Crippen molar-refractivity contribution in [3.05, 3.63) is 65.3 Å². The van der Waals surface area contributed by atoms with Crippen molar-refractivity contribution in [1.82, 2.24) is 9.80 Å². The van der Waals surface area contributed by atoms with E-state index in [0.29, 0.717) is 49.1 Å². The van der Waals surface area contributed by atoms with Gasteiger partial charge in [0.1, 0.15) is 5.75 Å². The molecule has 2 saturated heterocycles. The van der Waals surface area contributed by atoms with Gasteiger partial charge in [0.2, 0.25) is 0 Å². The monoisotopic (exact) mass is 668 g/mol. The molecule has 2 aromatic carbocycles. The first-order valence-corrected chi connectivity index (χ1v) is 17.5. The van der Waals surface area contributed by atoms with Crippen molar-refractivity contribution in [2.75, 3.05) is 51.9 Å². The fraction of sp³-hybridized carbons (Fsp3) is 0.525. The van der Waals surface area contributed by atoms with Crippen molar-refractivity contribution in [2.45, 2.75) is 78.8 Å². The number of ether oxygens (including phenoxy) is 3. The molecule has 2 fully saturated rings. The Labute approximate surface area is 291 Å². The largest absolute Gasteiger partial charge is 0.493 e. The zero-order valence-corrected chi connectivity index (χ0v) is 30.4. The highest BCUT2D eigenvalue weighted by Crippen LogP contribution is 2.41. The van der Waals surface area contributed by atoms with Crippen LogP contribution in [-0.2, 0) is 0 Å². The van der Waals surface area contributed by atoms with Crippen molar-refractivity contribution in [3.63, 3.8) is 0 Å². The molecule has 0 bridgehead atoms. The average molecular weight is 669 g/mol. The average Bonchev–Trinajstić information content (AvgIpc) is 3.56. The lowest BCUT2D eigenvalue weighted by molar-refractivity contribution is 0.0749. The molecular formula is C40H52N4O5. The van der Waals surface area contributed by atoms with E-state index in [-0.39, 0.29) is 34.7 Å². The summed E-state index contributed by atoms with van der Waals surface area (Å²) in [6, 6.07) is 7.73. The summed E-state index contributed by atoms with van der Waals surface area (Å²) in [5, 5.41) is 0. The highest BCUT2D eigenvalue weighted by Gasteiger charge is 2.38. The van der Waals surface area contributed by atoms with Gasteiger partial charge in [0.05, 0.1) is 54.9 Å². The van der Waals surface area contributed by atoms with Crippen molar-refractivity contribution < 1.29 is 23.8 Å². The van der Waals surface area contributed by atoms with Gasteiger partial charge in [0.15, 0.2) is 11.5 Å². The third-order valence-corrected chi connectivity index (χ3v) is 10.6. The van der Waals surface area contributed by atoms with Crippen LogP contribution in [0.25, 0.3) is 0 Å². The van der Waals surface area contributed by atoms with E-state index >= 15 is 0 Å². The summed E-state index contributed by atoms with van der Waals surface area (Å²) < 4.78 is 18.4. The standard InChI is InChI=1S/C40H52N4O5/c1-25-14-28-20-41-32-18-36(35(47-9)17-30(32)37(45)43(28)21-25)49-24-40(6,7)11-10-39(4,5)12-13-48-34-19-33-31(16-27(34)3)38(46)44-22-26(2)15-29(44)23-42(33)8/h16-20,28-29H,1-2,10-15,21-24H2,3-9H3/t28-,29-/m0/s1. The number of nitrogens with zero attached hydrogens (tertiary/aromatic N) is 4. The third-order valence-electron chi connectivity index (χ3n) is 10.6. The minimum absolute atomic E-state index is 0.0479. The highest BCUT2D eigenvalue weighted by atomic mass is 16.5. The molecule has 0 aromatic heterocycles. The predicted octanol–water partition coefficient (Wildman–Crippen LogP) is 7.39. The summed E-state index contributed by atoms with van der Waals surface area (Å²) in [4.78, 5) is 37.4. The van der Waals surface area contributed by atoms with Crippen LogP contribution in [-0.4, -0.2) is 86.9 Å². The number of benzene rings is 2. The number of aryl methyl sites for hydroxylation is 1. The molecule has 9 nitrogen and oxygen atoms in total. The normalized spacial score (nSPS) is 20.5. The third kappa shape index (κ3) is 7.22. The van der Waals surface area contributed by atoms with Crippen LogP contribution in [0.15, 0.2) is 53.6 Å². The molecule has 0 aliphatic carbocycles. The van der Waals surface area contributed by atoms with E-state index in [4.69, 9.17) is 14.2 Å². The maximum absolute atomic E-state index is 13.4. The number of anilines is 1. The second kappa shape index (κ2) is 13.2. The number of methoxy groups -OCH3 is 1. The zero-order chi connectivity index (χ0) is 35.2. The Morgan fingerprint density at radius 1 is 0.837 bits per heavy atom. The van der Waals surface area contributed by atoms with Crippen LogP contribution in [0.5, 0.6) is 17.2 Å². The first-order chi connectivity index (χ1) is 23.1. The van der Waals surface area contributed by atoms with E-state index in [0.717, 1.165) is 72.4 Å². The summed E-state index contributed by atoms with van der Waals surface area (Å²) in [7, 11) is 3.66. The van der Waals surface area contributed by atoms with Crippen molar-refractivity contribution in [2.24, 2.45) is 15.8 Å². The van der Waals surface area contributed by atoms with E-state index in [1.54, 1.807) is 13.2 Å². The number of aliphatic imine (C=N–C) groups is 1. The number of hydrogen-bond acceptors (Lipinski definition) is 7. The Hall–Kier alpha value is -4.27. The second-order valence-corrected chi connectivity index (χ2v) is 16.0. The van der Waals surface area contributed by atoms with E-state index < -0.39 is 0 Å². The molecule has 0 saturated carbocycles. The topological polar surface area (TPSA) is 83.9 Å². The summed E-state index contributed by atoms with van der Waals surface area (Å²) in [5.41, 5.74) is 5.88. The minimum atomic E-state index is -0.108. The van der Waals surface area contributed by atoms with Crippen molar-refractivity contribution >= 4 is 29.4 Å². The molecule has 262 valence electrons. The molecule has 2 amide bonds. The molecule has 4 aliphatic heterocycles. The van der Waals surface area contributed by atoms with Crippen LogP contribution in [0.4, 0.5) is 11.4 Å². The van der Waals surface area contributed by atoms with Gasteiger partial charge in [0, 0.05) is 45.0 Å². The molecule has 49 heavy (non-hydrogen) atoms.